The fourth-order valence-electron chi connectivity index (χ4n) is 2.59. The highest BCUT2D eigenvalue weighted by Gasteiger charge is 2.17. The molecule has 2 aromatic rings. The molecule has 0 fully saturated rings. The van der Waals surface area contributed by atoms with Gasteiger partial charge in [0.05, 0.1) is 0 Å². The van der Waals surface area contributed by atoms with E-state index < -0.39 is 0 Å². The highest BCUT2D eigenvalue weighted by Crippen LogP contribution is 2.32. The third-order valence-electron chi connectivity index (χ3n) is 3.75. The summed E-state index contributed by atoms with van der Waals surface area (Å²) in [5, 5.41) is 0. The zero-order valence-corrected chi connectivity index (χ0v) is 10.6. The van der Waals surface area contributed by atoms with Gasteiger partial charge < -0.3 is 0 Å². The molecule has 0 N–H and O–H groups in total. The standard InChI is InChI=1S/C18H18/c1-3-7-15(8-4-1)13-17-11-12-18(17)14-16-9-5-2-6-10-16/h1-10H,11-14H2. The van der Waals surface area contributed by atoms with Gasteiger partial charge in [0.1, 0.15) is 0 Å². The summed E-state index contributed by atoms with van der Waals surface area (Å²) in [4.78, 5) is 0. The first-order chi connectivity index (χ1) is 8.92. The molecule has 90 valence electrons. The zero-order valence-electron chi connectivity index (χ0n) is 10.6. The van der Waals surface area contributed by atoms with Gasteiger partial charge in [-0.25, -0.2) is 0 Å². The summed E-state index contributed by atoms with van der Waals surface area (Å²) in [7, 11) is 0. The Hall–Kier alpha value is -1.82. The van der Waals surface area contributed by atoms with Crippen molar-refractivity contribution in [2.45, 2.75) is 25.7 Å². The van der Waals surface area contributed by atoms with Crippen LogP contribution in [0.5, 0.6) is 0 Å². The van der Waals surface area contributed by atoms with Crippen LogP contribution in [-0.2, 0) is 12.8 Å². The van der Waals surface area contributed by atoms with Crippen LogP contribution in [0.25, 0.3) is 0 Å². The monoisotopic (exact) mass is 234 g/mol. The van der Waals surface area contributed by atoms with Gasteiger partial charge in [0.25, 0.3) is 0 Å². The van der Waals surface area contributed by atoms with Crippen molar-refractivity contribution < 1.29 is 0 Å². The molecule has 1 aliphatic rings. The van der Waals surface area contributed by atoms with E-state index in [0.717, 1.165) is 12.8 Å². The van der Waals surface area contributed by atoms with Gasteiger partial charge in [-0.3, -0.25) is 0 Å². The first kappa shape index (κ1) is 11.3. The summed E-state index contributed by atoms with van der Waals surface area (Å²) in [5.41, 5.74) is 6.20. The van der Waals surface area contributed by atoms with E-state index in [1.165, 1.54) is 24.0 Å². The SMILES string of the molecule is c1ccc(CC2=C(Cc3ccccc3)CC2)cc1. The predicted octanol–water partition coefficient (Wildman–Crippen LogP) is 4.56. The summed E-state index contributed by atoms with van der Waals surface area (Å²) in [6.45, 7) is 0. The molecule has 0 aromatic heterocycles. The Morgan fingerprint density at radius 2 is 0.944 bits per heavy atom. The number of hydrogen-bond donors (Lipinski definition) is 0. The van der Waals surface area contributed by atoms with Crippen molar-refractivity contribution >= 4 is 0 Å². The second-order valence-electron chi connectivity index (χ2n) is 5.03. The van der Waals surface area contributed by atoms with Crippen molar-refractivity contribution in [1.82, 2.24) is 0 Å². The molecule has 0 unspecified atom stereocenters. The van der Waals surface area contributed by atoms with E-state index in [1.807, 2.05) is 0 Å². The summed E-state index contributed by atoms with van der Waals surface area (Å²) in [6, 6.07) is 21.6. The highest BCUT2D eigenvalue weighted by molar-refractivity contribution is 5.34. The molecule has 0 bridgehead atoms. The second-order valence-corrected chi connectivity index (χ2v) is 5.03. The van der Waals surface area contributed by atoms with Crippen molar-refractivity contribution in [3.63, 3.8) is 0 Å². The van der Waals surface area contributed by atoms with Gasteiger partial charge in [-0.1, -0.05) is 71.8 Å². The molecule has 0 heterocycles. The van der Waals surface area contributed by atoms with Crippen molar-refractivity contribution in [2.75, 3.05) is 0 Å². The van der Waals surface area contributed by atoms with Crippen molar-refractivity contribution in [3.05, 3.63) is 82.9 Å². The molecule has 1 aliphatic carbocycles. The molecule has 0 amide bonds. The first-order valence-corrected chi connectivity index (χ1v) is 6.69. The van der Waals surface area contributed by atoms with Crippen molar-refractivity contribution in [2.24, 2.45) is 0 Å². The van der Waals surface area contributed by atoms with Gasteiger partial charge in [0.15, 0.2) is 0 Å². The quantitative estimate of drug-likeness (QED) is 0.680. The topological polar surface area (TPSA) is 0 Å². The molecule has 0 saturated heterocycles. The van der Waals surface area contributed by atoms with E-state index in [1.54, 1.807) is 11.1 Å². The van der Waals surface area contributed by atoms with Crippen molar-refractivity contribution in [1.29, 1.82) is 0 Å². The third kappa shape index (κ3) is 2.53. The maximum Gasteiger partial charge on any atom is -0.00642 e. The Bertz CT molecular complexity index is 483. The molecule has 0 aliphatic heterocycles. The maximum atomic E-state index is 2.23. The molecule has 0 radical (unpaired) electrons. The van der Waals surface area contributed by atoms with Crippen LogP contribution in [0.4, 0.5) is 0 Å². The lowest BCUT2D eigenvalue weighted by Crippen LogP contribution is -2.09. The Morgan fingerprint density at radius 1 is 0.556 bits per heavy atom. The molecular weight excluding hydrogens is 216 g/mol. The molecular formula is C18H18. The van der Waals surface area contributed by atoms with Crippen LogP contribution in [0.2, 0.25) is 0 Å². The van der Waals surface area contributed by atoms with E-state index >= 15 is 0 Å². The Labute approximate surface area is 109 Å². The van der Waals surface area contributed by atoms with Crippen LogP contribution in [0.1, 0.15) is 24.0 Å². The second kappa shape index (κ2) is 5.22. The van der Waals surface area contributed by atoms with E-state index in [4.69, 9.17) is 0 Å². The average molecular weight is 234 g/mol. The van der Waals surface area contributed by atoms with E-state index in [0.29, 0.717) is 0 Å². The van der Waals surface area contributed by atoms with Crippen LogP contribution >= 0.6 is 0 Å². The Balaban J connectivity index is 1.71. The minimum absolute atomic E-state index is 1.14. The molecule has 0 atom stereocenters. The molecule has 0 spiro atoms. The largest absolute Gasteiger partial charge is 0.0660 e. The van der Waals surface area contributed by atoms with Gasteiger partial charge in [0.2, 0.25) is 0 Å². The van der Waals surface area contributed by atoms with Gasteiger partial charge >= 0.3 is 0 Å². The molecule has 0 nitrogen and oxygen atoms in total. The lowest BCUT2D eigenvalue weighted by molar-refractivity contribution is 0.736. The number of benzene rings is 2. The van der Waals surface area contributed by atoms with E-state index in [2.05, 4.69) is 60.7 Å². The van der Waals surface area contributed by atoms with Crippen LogP contribution in [-0.4, -0.2) is 0 Å². The van der Waals surface area contributed by atoms with Crippen molar-refractivity contribution in [3.8, 4) is 0 Å². The fourth-order valence-corrected chi connectivity index (χ4v) is 2.59. The molecule has 2 aromatic carbocycles. The van der Waals surface area contributed by atoms with Gasteiger partial charge in [-0.2, -0.15) is 0 Å². The minimum atomic E-state index is 1.14. The molecule has 0 saturated carbocycles. The predicted molar refractivity (Wildman–Crippen MR) is 76.6 cm³/mol. The molecule has 0 heteroatoms. The van der Waals surface area contributed by atoms with E-state index in [9.17, 15) is 0 Å². The smallest absolute Gasteiger partial charge is 0.00642 e. The lowest BCUT2D eigenvalue weighted by atomic mass is 9.81. The van der Waals surface area contributed by atoms with Gasteiger partial charge in [0, 0.05) is 0 Å². The van der Waals surface area contributed by atoms with E-state index in [-0.39, 0.29) is 0 Å². The Morgan fingerprint density at radius 3 is 1.28 bits per heavy atom. The summed E-state index contributed by atoms with van der Waals surface area (Å²) < 4.78 is 0. The van der Waals surface area contributed by atoms with Crippen LogP contribution < -0.4 is 0 Å². The van der Waals surface area contributed by atoms with Crippen LogP contribution in [0, 0.1) is 0 Å². The Kier molecular flexibility index (Phi) is 3.27. The summed E-state index contributed by atoms with van der Waals surface area (Å²) >= 11 is 0. The maximum absolute atomic E-state index is 2.23. The average Bonchev–Trinajstić information content (AvgIpc) is 2.43. The highest BCUT2D eigenvalue weighted by atomic mass is 14.2. The third-order valence-corrected chi connectivity index (χ3v) is 3.75. The minimum Gasteiger partial charge on any atom is -0.0660 e. The molecule has 3 rings (SSSR count). The molecule has 18 heavy (non-hydrogen) atoms. The summed E-state index contributed by atoms with van der Waals surface area (Å²) in [6.07, 6.45) is 4.86. The van der Waals surface area contributed by atoms with Crippen LogP contribution in [0.15, 0.2) is 71.8 Å². The fraction of sp³-hybridized carbons (Fsp3) is 0.222. The number of allylic oxidation sites excluding steroid dienone is 2. The lowest BCUT2D eigenvalue weighted by Gasteiger charge is -2.24. The normalized spacial score (nSPS) is 14.4. The summed E-state index contributed by atoms with van der Waals surface area (Å²) in [5.74, 6) is 0. The number of hydrogen-bond acceptors (Lipinski definition) is 0. The first-order valence-electron chi connectivity index (χ1n) is 6.69. The van der Waals surface area contributed by atoms with Crippen LogP contribution in [0.3, 0.4) is 0 Å². The number of rotatable bonds is 4. The van der Waals surface area contributed by atoms with Gasteiger partial charge in [-0.15, -0.1) is 0 Å². The van der Waals surface area contributed by atoms with Gasteiger partial charge in [-0.05, 0) is 36.8 Å². The zero-order chi connectivity index (χ0) is 12.2.